The lowest BCUT2D eigenvalue weighted by molar-refractivity contribution is -0.0112. The summed E-state index contributed by atoms with van der Waals surface area (Å²) in [5, 5.41) is 21.5. The van der Waals surface area contributed by atoms with Gasteiger partial charge < -0.3 is 5.11 Å². The zero-order chi connectivity index (χ0) is 25.3. The van der Waals surface area contributed by atoms with Crippen LogP contribution in [0.1, 0.15) is 36.0 Å². The monoisotopic (exact) mass is 523 g/mol. The lowest BCUT2D eigenvalue weighted by atomic mass is 9.82. The van der Waals surface area contributed by atoms with Gasteiger partial charge in [-0.05, 0) is 12.5 Å². The number of aromatic nitrogens is 5. The SMILES string of the molecule is CCc1csc(-c2ccc(-c3csc([C@H](C)[C@](O)(Cn4cncn4)c4ccc(F)cc4F)n3)cc2)n1. The van der Waals surface area contributed by atoms with E-state index < -0.39 is 23.2 Å². The van der Waals surface area contributed by atoms with Gasteiger partial charge in [-0.1, -0.05) is 44.2 Å². The van der Waals surface area contributed by atoms with Crippen LogP contribution in [0, 0.1) is 11.6 Å². The van der Waals surface area contributed by atoms with Gasteiger partial charge in [-0.25, -0.2) is 28.4 Å². The molecule has 0 unspecified atom stereocenters. The van der Waals surface area contributed by atoms with Crippen molar-refractivity contribution in [3.63, 3.8) is 0 Å². The molecular formula is C26H23F2N5OS2. The lowest BCUT2D eigenvalue weighted by Gasteiger charge is -2.33. The van der Waals surface area contributed by atoms with Crippen molar-refractivity contribution in [1.82, 2.24) is 24.7 Å². The van der Waals surface area contributed by atoms with E-state index in [-0.39, 0.29) is 12.1 Å². The molecule has 5 aromatic rings. The smallest absolute Gasteiger partial charge is 0.137 e. The molecule has 0 spiro atoms. The Balaban J connectivity index is 1.45. The van der Waals surface area contributed by atoms with Gasteiger partial charge in [0.25, 0.3) is 0 Å². The Bertz CT molecular complexity index is 1470. The number of aryl methyl sites for hydroxylation is 1. The maximum Gasteiger partial charge on any atom is 0.137 e. The molecule has 0 saturated carbocycles. The molecule has 0 radical (unpaired) electrons. The minimum absolute atomic E-state index is 0.0251. The zero-order valence-electron chi connectivity index (χ0n) is 19.6. The second-order valence-corrected chi connectivity index (χ2v) is 10.3. The molecule has 6 nitrogen and oxygen atoms in total. The number of rotatable bonds is 8. The summed E-state index contributed by atoms with van der Waals surface area (Å²) in [6, 6.07) is 11.2. The predicted molar refractivity (Wildman–Crippen MR) is 137 cm³/mol. The Morgan fingerprint density at radius 1 is 1.03 bits per heavy atom. The topological polar surface area (TPSA) is 76.7 Å². The van der Waals surface area contributed by atoms with Gasteiger partial charge >= 0.3 is 0 Å². The number of benzene rings is 2. The van der Waals surface area contributed by atoms with Crippen molar-refractivity contribution in [3.05, 3.63) is 93.8 Å². The van der Waals surface area contributed by atoms with Gasteiger partial charge in [-0.3, -0.25) is 0 Å². The van der Waals surface area contributed by atoms with Crippen molar-refractivity contribution in [2.45, 2.75) is 38.3 Å². The van der Waals surface area contributed by atoms with E-state index in [9.17, 15) is 13.9 Å². The lowest BCUT2D eigenvalue weighted by Crippen LogP contribution is -2.38. The first-order chi connectivity index (χ1) is 17.4. The van der Waals surface area contributed by atoms with Gasteiger partial charge in [0.15, 0.2) is 0 Å². The van der Waals surface area contributed by atoms with E-state index in [1.807, 2.05) is 29.6 Å². The molecule has 0 amide bonds. The third-order valence-corrected chi connectivity index (χ3v) is 8.19. The fourth-order valence-electron chi connectivity index (χ4n) is 4.07. The van der Waals surface area contributed by atoms with E-state index in [2.05, 4.69) is 27.4 Å². The number of hydrogen-bond donors (Lipinski definition) is 1. The fraction of sp³-hybridized carbons (Fsp3) is 0.231. The third kappa shape index (κ3) is 4.71. The number of nitrogens with zero attached hydrogens (tertiary/aromatic N) is 5. The van der Waals surface area contributed by atoms with Crippen LogP contribution in [0.4, 0.5) is 8.78 Å². The Kier molecular flexibility index (Phi) is 6.74. The number of aliphatic hydroxyl groups is 1. The highest BCUT2D eigenvalue weighted by atomic mass is 32.1. The molecule has 10 heteroatoms. The van der Waals surface area contributed by atoms with E-state index in [1.165, 1.54) is 34.7 Å². The second kappa shape index (κ2) is 9.96. The van der Waals surface area contributed by atoms with Crippen LogP contribution < -0.4 is 0 Å². The van der Waals surface area contributed by atoms with E-state index in [0.29, 0.717) is 5.01 Å². The summed E-state index contributed by atoms with van der Waals surface area (Å²) in [6.07, 6.45) is 3.69. The minimum atomic E-state index is -1.74. The van der Waals surface area contributed by atoms with Crippen LogP contribution in [0.3, 0.4) is 0 Å². The third-order valence-electron chi connectivity index (χ3n) is 6.22. The maximum absolute atomic E-state index is 14.9. The zero-order valence-corrected chi connectivity index (χ0v) is 21.2. The highest BCUT2D eigenvalue weighted by Gasteiger charge is 2.41. The summed E-state index contributed by atoms with van der Waals surface area (Å²) >= 11 is 3.00. The van der Waals surface area contributed by atoms with Crippen molar-refractivity contribution in [3.8, 4) is 21.8 Å². The molecule has 0 aliphatic rings. The van der Waals surface area contributed by atoms with Gasteiger partial charge in [0, 0.05) is 39.4 Å². The van der Waals surface area contributed by atoms with E-state index in [1.54, 1.807) is 18.3 Å². The van der Waals surface area contributed by atoms with E-state index >= 15 is 0 Å². The summed E-state index contributed by atoms with van der Waals surface area (Å²) in [6.45, 7) is 3.79. The molecule has 1 N–H and O–H groups in total. The molecule has 3 heterocycles. The summed E-state index contributed by atoms with van der Waals surface area (Å²) in [5.41, 5.74) is 2.03. The van der Waals surface area contributed by atoms with Crippen LogP contribution in [0.5, 0.6) is 0 Å². The molecule has 0 saturated heterocycles. The highest BCUT2D eigenvalue weighted by molar-refractivity contribution is 7.13. The van der Waals surface area contributed by atoms with Crippen LogP contribution in [-0.4, -0.2) is 29.8 Å². The summed E-state index contributed by atoms with van der Waals surface area (Å²) in [4.78, 5) is 13.3. The summed E-state index contributed by atoms with van der Waals surface area (Å²) in [5.74, 6) is -2.16. The molecule has 0 fully saturated rings. The van der Waals surface area contributed by atoms with Crippen LogP contribution >= 0.6 is 22.7 Å². The molecule has 0 aliphatic heterocycles. The molecule has 2 aromatic carbocycles. The first-order valence-corrected chi connectivity index (χ1v) is 13.1. The van der Waals surface area contributed by atoms with Crippen molar-refractivity contribution in [2.75, 3.05) is 0 Å². The first-order valence-electron chi connectivity index (χ1n) is 11.4. The number of halogens is 2. The number of thiazole rings is 2. The van der Waals surface area contributed by atoms with Crippen molar-refractivity contribution in [1.29, 1.82) is 0 Å². The van der Waals surface area contributed by atoms with Crippen LogP contribution in [-0.2, 0) is 18.6 Å². The van der Waals surface area contributed by atoms with E-state index in [0.717, 1.165) is 46.1 Å². The minimum Gasteiger partial charge on any atom is -0.382 e. The highest BCUT2D eigenvalue weighted by Crippen LogP contribution is 2.41. The second-order valence-electron chi connectivity index (χ2n) is 8.51. The van der Waals surface area contributed by atoms with Crippen LogP contribution in [0.15, 0.2) is 65.9 Å². The average molecular weight is 524 g/mol. The van der Waals surface area contributed by atoms with Gasteiger partial charge in [-0.15, -0.1) is 22.7 Å². The van der Waals surface area contributed by atoms with Crippen molar-refractivity contribution in [2.24, 2.45) is 0 Å². The van der Waals surface area contributed by atoms with Crippen LogP contribution in [0.2, 0.25) is 0 Å². The molecule has 36 heavy (non-hydrogen) atoms. The normalized spacial score (nSPS) is 14.0. The van der Waals surface area contributed by atoms with Gasteiger partial charge in [0.1, 0.15) is 34.9 Å². The molecule has 5 rings (SSSR count). The Labute approximate surface area is 215 Å². The number of hydrogen-bond acceptors (Lipinski definition) is 7. The summed E-state index contributed by atoms with van der Waals surface area (Å²) in [7, 11) is 0. The van der Waals surface area contributed by atoms with Gasteiger partial charge in [0.2, 0.25) is 0 Å². The molecular weight excluding hydrogens is 500 g/mol. The van der Waals surface area contributed by atoms with Gasteiger partial charge in [0.05, 0.1) is 22.9 Å². The largest absolute Gasteiger partial charge is 0.382 e. The summed E-state index contributed by atoms with van der Waals surface area (Å²) < 4.78 is 29.9. The Morgan fingerprint density at radius 3 is 2.47 bits per heavy atom. The maximum atomic E-state index is 14.9. The molecule has 2 atom stereocenters. The van der Waals surface area contributed by atoms with Crippen molar-refractivity contribution >= 4 is 22.7 Å². The van der Waals surface area contributed by atoms with Gasteiger partial charge in [-0.2, -0.15) is 5.10 Å². The molecule has 3 aromatic heterocycles. The van der Waals surface area contributed by atoms with E-state index in [4.69, 9.17) is 4.98 Å². The molecule has 0 bridgehead atoms. The molecule has 0 aliphatic carbocycles. The predicted octanol–water partition coefficient (Wildman–Crippen LogP) is 6.06. The molecule has 184 valence electrons. The quantitative estimate of drug-likeness (QED) is 0.268. The van der Waals surface area contributed by atoms with Crippen LogP contribution in [0.25, 0.3) is 21.8 Å². The Morgan fingerprint density at radius 2 is 1.81 bits per heavy atom. The Hall–Kier alpha value is -3.34. The van der Waals surface area contributed by atoms with Crippen molar-refractivity contribution < 1.29 is 13.9 Å². The fourth-order valence-corrected chi connectivity index (χ4v) is 5.95. The standard InChI is InChI=1S/C26H23F2N5OS2/c1-3-20-11-35-25(31-20)18-6-4-17(5-7-18)23-12-36-24(32-23)16(2)26(34,13-33-15-29-14-30-33)21-9-8-19(27)10-22(21)28/h4-12,14-16,34H,3,13H2,1-2H3/t16-,26+/m0/s1. The first kappa shape index (κ1) is 24.4. The average Bonchev–Trinajstić information content (AvgIpc) is 3.65.